The zero-order valence-corrected chi connectivity index (χ0v) is 12.8. The number of carboxylic acids is 1. The van der Waals surface area contributed by atoms with E-state index in [1.54, 1.807) is 24.0 Å². The molecule has 23 heavy (non-hydrogen) atoms. The molecule has 1 aromatic heterocycles. The highest BCUT2D eigenvalue weighted by Crippen LogP contribution is 2.24. The smallest absolute Gasteiger partial charge is 0.308 e. The molecule has 0 aliphatic carbocycles. The number of likely N-dealkylation sites (tertiary alicyclic amines) is 1. The second-order valence-electron chi connectivity index (χ2n) is 5.90. The fourth-order valence-corrected chi connectivity index (χ4v) is 3.04. The van der Waals surface area contributed by atoms with Crippen molar-refractivity contribution < 1.29 is 19.1 Å². The van der Waals surface area contributed by atoms with Crippen molar-refractivity contribution in [2.75, 3.05) is 13.1 Å². The van der Waals surface area contributed by atoms with E-state index in [0.717, 1.165) is 0 Å². The third kappa shape index (κ3) is 3.02. The number of aliphatic carboxylic acids is 1. The lowest BCUT2D eigenvalue weighted by atomic mass is 9.97. The largest absolute Gasteiger partial charge is 0.481 e. The third-order valence-electron chi connectivity index (χ3n) is 4.19. The molecular weight excluding hydrogens is 299 g/mol. The Morgan fingerprint density at radius 1 is 1.35 bits per heavy atom. The Labute approximate surface area is 132 Å². The lowest BCUT2D eigenvalue weighted by Gasteiger charge is -2.31. The average molecular weight is 316 g/mol. The maximum absolute atomic E-state index is 13.4. The zero-order chi connectivity index (χ0) is 16.6. The Hall–Kier alpha value is -2.50. The lowest BCUT2D eigenvalue weighted by Crippen LogP contribution is -2.42. The Morgan fingerprint density at radius 2 is 2.13 bits per heavy atom. The van der Waals surface area contributed by atoms with Gasteiger partial charge in [0.05, 0.1) is 17.0 Å². The summed E-state index contributed by atoms with van der Waals surface area (Å²) in [5, 5.41) is 9.75. The SMILES string of the molecule is Cc1cc(C(=O)N2CCC[C@H](C(=O)O)C2)c2ccc(F)cc2n1. The maximum atomic E-state index is 13.4. The molecule has 2 heterocycles. The van der Waals surface area contributed by atoms with Gasteiger partial charge in [0.1, 0.15) is 5.82 Å². The Morgan fingerprint density at radius 3 is 2.87 bits per heavy atom. The van der Waals surface area contributed by atoms with Gasteiger partial charge in [-0.1, -0.05) is 0 Å². The van der Waals surface area contributed by atoms with Gasteiger partial charge in [-0.2, -0.15) is 0 Å². The van der Waals surface area contributed by atoms with E-state index in [9.17, 15) is 14.0 Å². The molecule has 0 spiro atoms. The second-order valence-corrected chi connectivity index (χ2v) is 5.90. The highest BCUT2D eigenvalue weighted by atomic mass is 19.1. The van der Waals surface area contributed by atoms with Crippen LogP contribution >= 0.6 is 0 Å². The molecule has 6 heteroatoms. The predicted molar refractivity (Wildman–Crippen MR) is 82.7 cm³/mol. The number of pyridine rings is 1. The topological polar surface area (TPSA) is 70.5 Å². The predicted octanol–water partition coefficient (Wildman–Crippen LogP) is 2.62. The Bertz CT molecular complexity index is 785. The molecule has 0 saturated carbocycles. The van der Waals surface area contributed by atoms with Crippen molar-refractivity contribution in [3.8, 4) is 0 Å². The molecule has 1 aliphatic heterocycles. The summed E-state index contributed by atoms with van der Waals surface area (Å²) in [7, 11) is 0. The van der Waals surface area contributed by atoms with Crippen LogP contribution in [0, 0.1) is 18.7 Å². The van der Waals surface area contributed by atoms with E-state index in [1.807, 2.05) is 0 Å². The van der Waals surface area contributed by atoms with Crippen LogP contribution in [0.25, 0.3) is 10.9 Å². The number of hydrogen-bond donors (Lipinski definition) is 1. The molecule has 0 bridgehead atoms. The molecule has 3 rings (SSSR count). The molecule has 0 radical (unpaired) electrons. The van der Waals surface area contributed by atoms with Gasteiger partial charge in [0.2, 0.25) is 0 Å². The number of amides is 1. The summed E-state index contributed by atoms with van der Waals surface area (Å²) < 4.78 is 13.4. The average Bonchev–Trinajstić information content (AvgIpc) is 2.53. The van der Waals surface area contributed by atoms with E-state index in [0.29, 0.717) is 41.5 Å². The lowest BCUT2D eigenvalue weighted by molar-refractivity contribution is -0.143. The number of carboxylic acid groups (broad SMARTS) is 1. The van der Waals surface area contributed by atoms with Crippen LogP contribution in [0.2, 0.25) is 0 Å². The van der Waals surface area contributed by atoms with Crippen LogP contribution in [0.3, 0.4) is 0 Å². The maximum Gasteiger partial charge on any atom is 0.308 e. The van der Waals surface area contributed by atoms with Crippen molar-refractivity contribution >= 4 is 22.8 Å². The van der Waals surface area contributed by atoms with Crippen LogP contribution in [0.1, 0.15) is 28.9 Å². The summed E-state index contributed by atoms with van der Waals surface area (Å²) in [4.78, 5) is 29.8. The van der Waals surface area contributed by atoms with E-state index >= 15 is 0 Å². The number of benzene rings is 1. The first-order chi connectivity index (χ1) is 11.0. The summed E-state index contributed by atoms with van der Waals surface area (Å²) in [6.45, 7) is 2.49. The molecule has 5 nitrogen and oxygen atoms in total. The van der Waals surface area contributed by atoms with Crippen LogP contribution in [-0.4, -0.2) is 40.0 Å². The van der Waals surface area contributed by atoms with E-state index in [4.69, 9.17) is 5.11 Å². The number of aromatic nitrogens is 1. The fourth-order valence-electron chi connectivity index (χ4n) is 3.04. The van der Waals surface area contributed by atoms with Crippen LogP contribution in [0.15, 0.2) is 24.3 Å². The number of fused-ring (bicyclic) bond motifs is 1. The highest BCUT2D eigenvalue weighted by molar-refractivity contribution is 6.06. The van der Waals surface area contributed by atoms with Gasteiger partial charge in [-0.15, -0.1) is 0 Å². The Balaban J connectivity index is 1.99. The minimum absolute atomic E-state index is 0.207. The molecule has 1 saturated heterocycles. The minimum Gasteiger partial charge on any atom is -0.481 e. The number of carbonyl (C=O) groups excluding carboxylic acids is 1. The van der Waals surface area contributed by atoms with Crippen molar-refractivity contribution in [2.24, 2.45) is 5.92 Å². The monoisotopic (exact) mass is 316 g/mol. The number of nitrogens with zero attached hydrogens (tertiary/aromatic N) is 2. The second kappa shape index (κ2) is 5.95. The summed E-state index contributed by atoms with van der Waals surface area (Å²) in [5.41, 5.74) is 1.50. The Kier molecular flexibility index (Phi) is 3.98. The number of piperidine rings is 1. The van der Waals surface area contributed by atoms with Crippen molar-refractivity contribution in [2.45, 2.75) is 19.8 Å². The molecule has 0 unspecified atom stereocenters. The fraction of sp³-hybridized carbons (Fsp3) is 0.353. The van der Waals surface area contributed by atoms with Gasteiger partial charge < -0.3 is 10.0 Å². The van der Waals surface area contributed by atoms with Crippen molar-refractivity contribution in [3.05, 3.63) is 41.3 Å². The van der Waals surface area contributed by atoms with Gasteiger partial charge >= 0.3 is 5.97 Å². The molecular formula is C17H17FN2O3. The summed E-state index contributed by atoms with van der Waals surface area (Å²) in [6, 6.07) is 5.82. The quantitative estimate of drug-likeness (QED) is 0.924. The zero-order valence-electron chi connectivity index (χ0n) is 12.8. The van der Waals surface area contributed by atoms with Crippen molar-refractivity contribution in [1.29, 1.82) is 0 Å². The highest BCUT2D eigenvalue weighted by Gasteiger charge is 2.29. The molecule has 1 amide bonds. The molecule has 1 fully saturated rings. The van der Waals surface area contributed by atoms with Crippen molar-refractivity contribution in [1.82, 2.24) is 9.88 Å². The van der Waals surface area contributed by atoms with E-state index in [1.165, 1.54) is 12.1 Å². The van der Waals surface area contributed by atoms with Crippen LogP contribution in [0.5, 0.6) is 0 Å². The summed E-state index contributed by atoms with van der Waals surface area (Å²) >= 11 is 0. The van der Waals surface area contributed by atoms with Crippen molar-refractivity contribution in [3.63, 3.8) is 0 Å². The van der Waals surface area contributed by atoms with E-state index in [2.05, 4.69) is 4.98 Å². The van der Waals surface area contributed by atoms with Crippen LogP contribution < -0.4 is 0 Å². The minimum atomic E-state index is -0.875. The summed E-state index contributed by atoms with van der Waals surface area (Å²) in [5.74, 6) is -2.03. The van der Waals surface area contributed by atoms with Crippen LogP contribution in [-0.2, 0) is 4.79 Å². The molecule has 1 aromatic carbocycles. The first-order valence-electron chi connectivity index (χ1n) is 7.54. The molecule has 1 N–H and O–H groups in total. The van der Waals surface area contributed by atoms with Gasteiger partial charge in [0.15, 0.2) is 0 Å². The standard InChI is InChI=1S/C17H17FN2O3/c1-10-7-14(13-5-4-12(18)8-15(13)19-10)16(21)20-6-2-3-11(9-20)17(22)23/h4-5,7-8,11H,2-3,6,9H2,1H3,(H,22,23)/t11-/m0/s1. The van der Waals surface area contributed by atoms with Gasteiger partial charge in [-0.05, 0) is 38.0 Å². The van der Waals surface area contributed by atoms with E-state index < -0.39 is 17.7 Å². The normalized spacial score (nSPS) is 18.2. The van der Waals surface area contributed by atoms with Crippen LogP contribution in [0.4, 0.5) is 4.39 Å². The number of aryl methyl sites for hydroxylation is 1. The van der Waals surface area contributed by atoms with E-state index in [-0.39, 0.29) is 12.5 Å². The first kappa shape index (κ1) is 15.4. The number of carbonyl (C=O) groups is 2. The number of halogens is 1. The number of hydrogen-bond acceptors (Lipinski definition) is 3. The summed E-state index contributed by atoms with van der Waals surface area (Å²) in [6.07, 6.45) is 1.25. The van der Waals surface area contributed by atoms with Gasteiger partial charge in [-0.3, -0.25) is 14.6 Å². The van der Waals surface area contributed by atoms with Gasteiger partial charge in [-0.25, -0.2) is 4.39 Å². The van der Waals surface area contributed by atoms with Gasteiger partial charge in [0, 0.05) is 30.2 Å². The third-order valence-corrected chi connectivity index (χ3v) is 4.19. The first-order valence-corrected chi connectivity index (χ1v) is 7.54. The molecule has 1 atom stereocenters. The number of rotatable bonds is 2. The molecule has 2 aromatic rings. The molecule has 120 valence electrons. The molecule has 1 aliphatic rings. The van der Waals surface area contributed by atoms with Gasteiger partial charge in [0.25, 0.3) is 5.91 Å².